The monoisotopic (exact) mass is 265 g/mol. The second kappa shape index (κ2) is 5.71. The highest BCUT2D eigenvalue weighted by atomic mass is 19.2. The molecule has 1 heterocycles. The summed E-state index contributed by atoms with van der Waals surface area (Å²) in [6, 6.07) is 6.72. The highest BCUT2D eigenvalue weighted by molar-refractivity contribution is 5.30. The zero-order valence-corrected chi connectivity index (χ0v) is 10.5. The molecule has 0 spiro atoms. The topological polar surface area (TPSA) is 47.0 Å². The number of halogens is 2. The Balaban J connectivity index is 2.40. The van der Waals surface area contributed by atoms with Crippen LogP contribution in [0, 0.1) is 11.6 Å². The molecule has 0 radical (unpaired) electrons. The van der Waals surface area contributed by atoms with E-state index in [4.69, 9.17) is 4.74 Å². The zero-order valence-electron chi connectivity index (χ0n) is 10.5. The molecule has 2 rings (SSSR count). The van der Waals surface area contributed by atoms with Crippen LogP contribution in [0.2, 0.25) is 0 Å². The first kappa shape index (κ1) is 13.4. The standard InChI is InChI=1S/C13H13F2N3O/c1-16-13(8-4-3-5-9(14)12(8)15)10-6-7-11(19-2)18-17-10/h3-7,13,16H,1-2H3. The van der Waals surface area contributed by atoms with Crippen LogP contribution in [0.4, 0.5) is 8.78 Å². The Morgan fingerprint density at radius 1 is 1.16 bits per heavy atom. The Morgan fingerprint density at radius 3 is 2.53 bits per heavy atom. The van der Waals surface area contributed by atoms with E-state index < -0.39 is 17.7 Å². The molecule has 1 aromatic carbocycles. The number of benzene rings is 1. The van der Waals surface area contributed by atoms with Gasteiger partial charge >= 0.3 is 0 Å². The molecular formula is C13H13F2N3O. The largest absolute Gasteiger partial charge is 0.480 e. The average Bonchev–Trinajstić information content (AvgIpc) is 2.45. The quantitative estimate of drug-likeness (QED) is 0.919. The summed E-state index contributed by atoms with van der Waals surface area (Å²) in [6.45, 7) is 0. The first-order valence-corrected chi connectivity index (χ1v) is 5.66. The van der Waals surface area contributed by atoms with Gasteiger partial charge in [-0.3, -0.25) is 0 Å². The molecule has 6 heteroatoms. The van der Waals surface area contributed by atoms with Crippen molar-refractivity contribution in [3.8, 4) is 5.88 Å². The summed E-state index contributed by atoms with van der Waals surface area (Å²) >= 11 is 0. The molecule has 0 saturated heterocycles. The van der Waals surface area contributed by atoms with Gasteiger partial charge in [-0.2, -0.15) is 0 Å². The van der Waals surface area contributed by atoms with Gasteiger partial charge in [0.05, 0.1) is 18.8 Å². The van der Waals surface area contributed by atoms with Crippen LogP contribution < -0.4 is 10.1 Å². The number of methoxy groups -OCH3 is 1. The van der Waals surface area contributed by atoms with E-state index in [2.05, 4.69) is 15.5 Å². The van der Waals surface area contributed by atoms with E-state index in [0.29, 0.717) is 11.6 Å². The predicted molar refractivity (Wildman–Crippen MR) is 65.8 cm³/mol. The summed E-state index contributed by atoms with van der Waals surface area (Å²) in [4.78, 5) is 0. The second-order valence-electron chi connectivity index (χ2n) is 3.87. The molecule has 2 aromatic rings. The lowest BCUT2D eigenvalue weighted by Crippen LogP contribution is -2.21. The highest BCUT2D eigenvalue weighted by Crippen LogP contribution is 2.24. The summed E-state index contributed by atoms with van der Waals surface area (Å²) in [5.74, 6) is -1.42. The Labute approximate surface area is 109 Å². The third kappa shape index (κ3) is 2.68. The first-order valence-electron chi connectivity index (χ1n) is 5.66. The maximum atomic E-state index is 13.8. The Hall–Kier alpha value is -2.08. The lowest BCUT2D eigenvalue weighted by molar-refractivity contribution is 0.390. The number of ether oxygens (including phenoxy) is 1. The summed E-state index contributed by atoms with van der Waals surface area (Å²) in [6.07, 6.45) is 0. The van der Waals surface area contributed by atoms with Crippen molar-refractivity contribution in [2.75, 3.05) is 14.2 Å². The summed E-state index contributed by atoms with van der Waals surface area (Å²) in [5.41, 5.74) is 0.662. The highest BCUT2D eigenvalue weighted by Gasteiger charge is 2.20. The maximum absolute atomic E-state index is 13.8. The van der Waals surface area contributed by atoms with Gasteiger partial charge < -0.3 is 10.1 Å². The van der Waals surface area contributed by atoms with Gasteiger partial charge in [0.2, 0.25) is 5.88 Å². The minimum Gasteiger partial charge on any atom is -0.480 e. The summed E-state index contributed by atoms with van der Waals surface area (Å²) in [5, 5.41) is 10.6. The Bertz CT molecular complexity index is 560. The van der Waals surface area contributed by atoms with Crippen LogP contribution in [-0.4, -0.2) is 24.4 Å². The van der Waals surface area contributed by atoms with Gasteiger partial charge in [-0.1, -0.05) is 12.1 Å². The van der Waals surface area contributed by atoms with Crippen LogP contribution >= 0.6 is 0 Å². The van der Waals surface area contributed by atoms with E-state index in [-0.39, 0.29) is 5.56 Å². The zero-order chi connectivity index (χ0) is 13.8. The van der Waals surface area contributed by atoms with E-state index in [1.165, 1.54) is 19.2 Å². The summed E-state index contributed by atoms with van der Waals surface area (Å²) < 4.78 is 31.9. The van der Waals surface area contributed by atoms with Crippen molar-refractivity contribution in [2.45, 2.75) is 6.04 Å². The third-order valence-electron chi connectivity index (χ3n) is 2.75. The van der Waals surface area contributed by atoms with Crippen molar-refractivity contribution in [1.29, 1.82) is 0 Å². The van der Waals surface area contributed by atoms with Crippen LogP contribution in [0.5, 0.6) is 5.88 Å². The van der Waals surface area contributed by atoms with Crippen molar-refractivity contribution < 1.29 is 13.5 Å². The fourth-order valence-electron chi connectivity index (χ4n) is 1.80. The number of hydrogen-bond acceptors (Lipinski definition) is 4. The van der Waals surface area contributed by atoms with Crippen LogP contribution in [0.3, 0.4) is 0 Å². The Morgan fingerprint density at radius 2 is 1.95 bits per heavy atom. The van der Waals surface area contributed by atoms with Crippen molar-refractivity contribution in [1.82, 2.24) is 15.5 Å². The molecule has 4 nitrogen and oxygen atoms in total. The molecule has 19 heavy (non-hydrogen) atoms. The normalized spacial score (nSPS) is 12.2. The van der Waals surface area contributed by atoms with Crippen LogP contribution in [0.25, 0.3) is 0 Å². The van der Waals surface area contributed by atoms with Crippen molar-refractivity contribution in [3.05, 3.63) is 53.2 Å². The second-order valence-corrected chi connectivity index (χ2v) is 3.87. The lowest BCUT2D eigenvalue weighted by atomic mass is 10.0. The summed E-state index contributed by atoms with van der Waals surface area (Å²) in [7, 11) is 3.12. The molecule has 1 atom stereocenters. The number of hydrogen-bond donors (Lipinski definition) is 1. The van der Waals surface area contributed by atoms with E-state index in [9.17, 15) is 8.78 Å². The van der Waals surface area contributed by atoms with Crippen molar-refractivity contribution in [3.63, 3.8) is 0 Å². The fraction of sp³-hybridized carbons (Fsp3) is 0.231. The smallest absolute Gasteiger partial charge is 0.233 e. The van der Waals surface area contributed by atoms with Gasteiger partial charge in [0.15, 0.2) is 11.6 Å². The predicted octanol–water partition coefficient (Wildman–Crippen LogP) is 2.07. The van der Waals surface area contributed by atoms with E-state index in [1.807, 2.05) is 0 Å². The molecule has 0 aliphatic heterocycles. The molecule has 0 aliphatic rings. The SMILES string of the molecule is CNC(c1ccc(OC)nn1)c1cccc(F)c1F. The van der Waals surface area contributed by atoms with Crippen molar-refractivity contribution in [2.24, 2.45) is 0 Å². The molecule has 1 N–H and O–H groups in total. The fourth-order valence-corrected chi connectivity index (χ4v) is 1.80. The number of aromatic nitrogens is 2. The third-order valence-corrected chi connectivity index (χ3v) is 2.75. The van der Waals surface area contributed by atoms with Crippen LogP contribution in [-0.2, 0) is 0 Å². The maximum Gasteiger partial charge on any atom is 0.233 e. The Kier molecular flexibility index (Phi) is 4.01. The van der Waals surface area contributed by atoms with Gasteiger partial charge in [0.25, 0.3) is 0 Å². The molecule has 0 fully saturated rings. The van der Waals surface area contributed by atoms with Gasteiger partial charge in [0, 0.05) is 11.6 Å². The van der Waals surface area contributed by atoms with E-state index >= 15 is 0 Å². The van der Waals surface area contributed by atoms with Gasteiger partial charge in [0.1, 0.15) is 0 Å². The number of rotatable bonds is 4. The minimum absolute atomic E-state index is 0.182. The van der Waals surface area contributed by atoms with E-state index in [1.54, 1.807) is 19.2 Å². The molecule has 100 valence electrons. The number of nitrogens with zero attached hydrogens (tertiary/aromatic N) is 2. The van der Waals surface area contributed by atoms with Gasteiger partial charge in [-0.15, -0.1) is 10.2 Å². The average molecular weight is 265 g/mol. The minimum atomic E-state index is -0.890. The molecule has 0 saturated carbocycles. The van der Waals surface area contributed by atoms with Crippen LogP contribution in [0.1, 0.15) is 17.3 Å². The van der Waals surface area contributed by atoms with Crippen molar-refractivity contribution >= 4 is 0 Å². The molecule has 1 aromatic heterocycles. The molecule has 0 amide bonds. The van der Waals surface area contributed by atoms with Crippen LogP contribution in [0.15, 0.2) is 30.3 Å². The molecule has 0 aliphatic carbocycles. The lowest BCUT2D eigenvalue weighted by Gasteiger charge is -2.16. The molecular weight excluding hydrogens is 252 g/mol. The van der Waals surface area contributed by atoms with E-state index in [0.717, 1.165) is 6.07 Å². The molecule has 0 bridgehead atoms. The number of nitrogens with one attached hydrogen (secondary N) is 1. The molecule has 1 unspecified atom stereocenters. The first-order chi connectivity index (χ1) is 9.17. The van der Waals surface area contributed by atoms with Gasteiger partial charge in [-0.05, 0) is 19.2 Å². The van der Waals surface area contributed by atoms with Gasteiger partial charge in [-0.25, -0.2) is 8.78 Å².